The number of para-hydroxylation sites is 2. The number of carbonyl (C=O) groups is 1. The molecule has 0 aliphatic heterocycles. The second-order valence-corrected chi connectivity index (χ2v) is 7.69. The maximum atomic E-state index is 13.4. The van der Waals surface area contributed by atoms with Gasteiger partial charge in [0.05, 0.1) is 22.3 Å². The number of thioether (sulfide) groups is 1. The van der Waals surface area contributed by atoms with E-state index in [1.54, 1.807) is 10.6 Å². The van der Waals surface area contributed by atoms with Gasteiger partial charge < -0.3 is 4.98 Å². The van der Waals surface area contributed by atoms with E-state index in [0.29, 0.717) is 44.6 Å². The SMILES string of the molecule is CSc1nn2c(-c3nc4ccccc4[nH]3)c3c(nc2c1C#N)-c1ccccc1C3=O. The molecule has 0 atom stereocenters. The predicted molar refractivity (Wildman–Crippen MR) is 113 cm³/mol. The summed E-state index contributed by atoms with van der Waals surface area (Å²) in [7, 11) is 0. The summed E-state index contributed by atoms with van der Waals surface area (Å²) in [6.07, 6.45) is 1.86. The van der Waals surface area contributed by atoms with Gasteiger partial charge in [-0.3, -0.25) is 4.79 Å². The average molecular weight is 408 g/mol. The van der Waals surface area contributed by atoms with Crippen molar-refractivity contribution in [3.8, 4) is 28.8 Å². The van der Waals surface area contributed by atoms with Crippen molar-refractivity contribution >= 4 is 34.2 Å². The van der Waals surface area contributed by atoms with Crippen LogP contribution in [0.15, 0.2) is 53.6 Å². The van der Waals surface area contributed by atoms with Crippen LogP contribution in [0.1, 0.15) is 21.5 Å². The molecule has 6 rings (SSSR count). The van der Waals surface area contributed by atoms with Crippen molar-refractivity contribution in [2.45, 2.75) is 5.03 Å². The number of nitrogens with one attached hydrogen (secondary N) is 1. The summed E-state index contributed by atoms with van der Waals surface area (Å²) >= 11 is 1.37. The van der Waals surface area contributed by atoms with E-state index in [-0.39, 0.29) is 5.78 Å². The lowest BCUT2D eigenvalue weighted by Gasteiger charge is -2.08. The van der Waals surface area contributed by atoms with E-state index in [1.807, 2.05) is 48.7 Å². The Bertz CT molecular complexity index is 1540. The zero-order valence-electron chi connectivity index (χ0n) is 15.7. The van der Waals surface area contributed by atoms with E-state index in [1.165, 1.54) is 11.8 Å². The second-order valence-electron chi connectivity index (χ2n) is 6.89. The van der Waals surface area contributed by atoms with E-state index in [9.17, 15) is 10.1 Å². The Morgan fingerprint density at radius 3 is 2.60 bits per heavy atom. The predicted octanol–water partition coefficient (Wildman–Crippen LogP) is 4.08. The number of aromatic nitrogens is 5. The smallest absolute Gasteiger partial charge is 0.198 e. The zero-order valence-corrected chi connectivity index (χ0v) is 16.5. The van der Waals surface area contributed by atoms with E-state index in [0.717, 1.165) is 16.6 Å². The Kier molecular flexibility index (Phi) is 3.40. The first-order valence-electron chi connectivity index (χ1n) is 9.21. The van der Waals surface area contributed by atoms with Gasteiger partial charge in [-0.1, -0.05) is 36.4 Å². The molecule has 1 aliphatic rings. The molecule has 0 fully saturated rings. The minimum atomic E-state index is -0.120. The number of imidazole rings is 1. The molecular formula is C22H12N6OS. The molecule has 3 aromatic heterocycles. The Hall–Kier alpha value is -3.96. The van der Waals surface area contributed by atoms with Crippen LogP contribution < -0.4 is 0 Å². The normalized spacial score (nSPS) is 12.3. The number of rotatable bonds is 2. The summed E-state index contributed by atoms with van der Waals surface area (Å²) in [6.45, 7) is 0. The highest BCUT2D eigenvalue weighted by Gasteiger charge is 2.35. The highest BCUT2D eigenvalue weighted by atomic mass is 32.2. The average Bonchev–Trinajstić information content (AvgIpc) is 3.44. The molecule has 2 aromatic carbocycles. The Morgan fingerprint density at radius 1 is 1.07 bits per heavy atom. The first-order valence-corrected chi connectivity index (χ1v) is 10.4. The van der Waals surface area contributed by atoms with Gasteiger partial charge in [-0.2, -0.15) is 10.4 Å². The van der Waals surface area contributed by atoms with Gasteiger partial charge in [0.1, 0.15) is 22.4 Å². The first kappa shape index (κ1) is 16.9. The molecule has 30 heavy (non-hydrogen) atoms. The first-order chi connectivity index (χ1) is 14.7. The number of benzene rings is 2. The van der Waals surface area contributed by atoms with E-state index in [2.05, 4.69) is 16.2 Å². The summed E-state index contributed by atoms with van der Waals surface area (Å²) in [4.78, 5) is 26.1. The van der Waals surface area contributed by atoms with Crippen LogP contribution in [0.25, 0.3) is 39.5 Å². The van der Waals surface area contributed by atoms with Gasteiger partial charge in [-0.15, -0.1) is 11.8 Å². The largest absolute Gasteiger partial charge is 0.337 e. The molecule has 1 aliphatic carbocycles. The van der Waals surface area contributed by atoms with Crippen LogP contribution in [0.3, 0.4) is 0 Å². The minimum absolute atomic E-state index is 0.120. The number of carbonyl (C=O) groups excluding carboxylic acids is 1. The van der Waals surface area contributed by atoms with Gasteiger partial charge in [-0.05, 0) is 18.4 Å². The summed E-state index contributed by atoms with van der Waals surface area (Å²) < 4.78 is 1.57. The molecule has 0 saturated heterocycles. The van der Waals surface area contributed by atoms with Crippen LogP contribution in [-0.4, -0.2) is 36.6 Å². The molecule has 3 heterocycles. The van der Waals surface area contributed by atoms with Gasteiger partial charge in [0.15, 0.2) is 17.3 Å². The number of ketones is 1. The number of aromatic amines is 1. The molecule has 7 nitrogen and oxygen atoms in total. The molecule has 0 amide bonds. The zero-order chi connectivity index (χ0) is 20.4. The lowest BCUT2D eigenvalue weighted by molar-refractivity contribution is 0.104. The van der Waals surface area contributed by atoms with Crippen LogP contribution in [0.5, 0.6) is 0 Å². The van der Waals surface area contributed by atoms with Gasteiger partial charge in [0.2, 0.25) is 0 Å². The summed E-state index contributed by atoms with van der Waals surface area (Å²) in [6, 6.07) is 17.3. The molecule has 8 heteroatoms. The van der Waals surface area contributed by atoms with Gasteiger partial charge >= 0.3 is 0 Å². The van der Waals surface area contributed by atoms with E-state index >= 15 is 0 Å². The van der Waals surface area contributed by atoms with Crippen molar-refractivity contribution in [1.29, 1.82) is 5.26 Å². The van der Waals surface area contributed by atoms with Crippen LogP contribution in [-0.2, 0) is 0 Å². The maximum absolute atomic E-state index is 13.4. The number of hydrogen-bond acceptors (Lipinski definition) is 6. The van der Waals surface area contributed by atoms with Crippen LogP contribution in [0, 0.1) is 11.3 Å². The van der Waals surface area contributed by atoms with Gasteiger partial charge in [0.25, 0.3) is 0 Å². The lowest BCUT2D eigenvalue weighted by atomic mass is 10.1. The Balaban J connectivity index is 1.80. The van der Waals surface area contributed by atoms with Crippen molar-refractivity contribution in [2.24, 2.45) is 0 Å². The third-order valence-corrected chi connectivity index (χ3v) is 5.98. The van der Waals surface area contributed by atoms with Crippen molar-refractivity contribution in [3.63, 3.8) is 0 Å². The summed E-state index contributed by atoms with van der Waals surface area (Å²) in [5.41, 5.74) is 5.32. The third-order valence-electron chi connectivity index (χ3n) is 5.30. The van der Waals surface area contributed by atoms with Gasteiger partial charge in [-0.25, -0.2) is 14.5 Å². The van der Waals surface area contributed by atoms with Crippen LogP contribution >= 0.6 is 11.8 Å². The van der Waals surface area contributed by atoms with E-state index in [4.69, 9.17) is 9.97 Å². The minimum Gasteiger partial charge on any atom is -0.337 e. The lowest BCUT2D eigenvalue weighted by Crippen LogP contribution is -2.07. The fourth-order valence-corrected chi connectivity index (χ4v) is 4.49. The highest BCUT2D eigenvalue weighted by molar-refractivity contribution is 7.98. The number of H-pyrrole nitrogens is 1. The van der Waals surface area contributed by atoms with Crippen molar-refractivity contribution in [3.05, 3.63) is 65.2 Å². The number of nitriles is 1. The van der Waals surface area contributed by atoms with Crippen LogP contribution in [0.4, 0.5) is 0 Å². The topological polar surface area (TPSA) is 99.7 Å². The quantitative estimate of drug-likeness (QED) is 0.434. The summed E-state index contributed by atoms with van der Waals surface area (Å²) in [5.74, 6) is 0.394. The van der Waals surface area contributed by atoms with Crippen molar-refractivity contribution < 1.29 is 4.79 Å². The van der Waals surface area contributed by atoms with Crippen LogP contribution in [0.2, 0.25) is 0 Å². The number of nitrogens with zero attached hydrogens (tertiary/aromatic N) is 5. The van der Waals surface area contributed by atoms with Crippen molar-refractivity contribution in [2.75, 3.05) is 6.26 Å². The fourth-order valence-electron chi connectivity index (χ4n) is 3.99. The highest BCUT2D eigenvalue weighted by Crippen LogP contribution is 2.41. The maximum Gasteiger partial charge on any atom is 0.198 e. The standard InChI is InChI=1S/C22H12N6OS/c1-30-22-13(10-23)21-26-17-11-6-2-3-7-12(11)19(29)16(17)18(28(21)27-22)20-24-14-8-4-5-9-15(14)25-20/h2-9H,1H3,(H,24,25). The monoisotopic (exact) mass is 408 g/mol. The molecule has 0 saturated carbocycles. The van der Waals surface area contributed by atoms with Gasteiger partial charge in [0, 0.05) is 11.1 Å². The molecule has 0 radical (unpaired) electrons. The molecule has 142 valence electrons. The fraction of sp³-hybridized carbons (Fsp3) is 0.0455. The van der Waals surface area contributed by atoms with Crippen molar-refractivity contribution in [1.82, 2.24) is 24.6 Å². The third kappa shape index (κ3) is 2.10. The molecule has 5 aromatic rings. The second kappa shape index (κ2) is 6.02. The molecule has 0 unspecified atom stereocenters. The van der Waals surface area contributed by atoms with E-state index < -0.39 is 0 Å². The number of hydrogen-bond donors (Lipinski definition) is 1. The molecular weight excluding hydrogens is 396 g/mol. The Labute approximate surface area is 174 Å². The Morgan fingerprint density at radius 2 is 1.83 bits per heavy atom. The molecule has 1 N–H and O–H groups in total. The summed E-state index contributed by atoms with van der Waals surface area (Å²) in [5, 5.41) is 14.9. The molecule has 0 spiro atoms. The molecule has 0 bridgehead atoms. The number of fused-ring (bicyclic) bond motifs is 5.